The van der Waals surface area contributed by atoms with Crippen LogP contribution in [0, 0.1) is 0 Å². The number of thiocarbonyl (C=S) groups is 1. The number of thioether (sulfide) groups is 1. The van der Waals surface area contributed by atoms with Gasteiger partial charge >= 0.3 is 5.97 Å². The summed E-state index contributed by atoms with van der Waals surface area (Å²) in [5, 5.41) is 10.8. The maximum atomic E-state index is 11.8. The highest BCUT2D eigenvalue weighted by molar-refractivity contribution is 8.22. The largest absolute Gasteiger partial charge is 0.480 e. The molecule has 2 aromatic rings. The van der Waals surface area contributed by atoms with E-state index in [-0.39, 0.29) is 0 Å². The van der Waals surface area contributed by atoms with Crippen molar-refractivity contribution in [2.24, 2.45) is 0 Å². The van der Waals surface area contributed by atoms with E-state index in [1.165, 1.54) is 0 Å². The van der Waals surface area contributed by atoms with Gasteiger partial charge in [0.15, 0.2) is 0 Å². The smallest absolute Gasteiger partial charge is 0.326 e. The van der Waals surface area contributed by atoms with Crippen molar-refractivity contribution >= 4 is 45.2 Å². The minimum Gasteiger partial charge on any atom is -0.480 e. The van der Waals surface area contributed by atoms with Crippen LogP contribution in [0.1, 0.15) is 11.3 Å². The summed E-state index contributed by atoms with van der Waals surface area (Å²) in [6.45, 7) is 1.43. The molecule has 1 aliphatic rings. The number of rotatable bonds is 4. The molecular formula is C17H21N3O2S2. The normalized spacial score (nSPS) is 17.3. The Bertz CT molecular complexity index is 772. The topological polar surface area (TPSA) is 59.6 Å². The van der Waals surface area contributed by atoms with Gasteiger partial charge in [-0.15, -0.1) is 0 Å². The molecule has 1 atom stereocenters. The van der Waals surface area contributed by atoms with E-state index in [9.17, 15) is 9.90 Å². The monoisotopic (exact) mass is 363 g/mol. The van der Waals surface area contributed by atoms with Gasteiger partial charge in [0.2, 0.25) is 0 Å². The molecule has 128 valence electrons. The van der Waals surface area contributed by atoms with Crippen molar-refractivity contribution < 1.29 is 9.90 Å². The first-order valence-electron chi connectivity index (χ1n) is 7.86. The van der Waals surface area contributed by atoms with Crippen LogP contribution in [0.3, 0.4) is 0 Å². The zero-order valence-electron chi connectivity index (χ0n) is 13.8. The summed E-state index contributed by atoms with van der Waals surface area (Å²) in [7, 11) is 4.03. The maximum absolute atomic E-state index is 11.8. The van der Waals surface area contributed by atoms with Crippen molar-refractivity contribution in [2.75, 3.05) is 26.4 Å². The van der Waals surface area contributed by atoms with E-state index in [2.05, 4.69) is 9.88 Å². The van der Waals surface area contributed by atoms with Gasteiger partial charge in [0.1, 0.15) is 10.4 Å². The van der Waals surface area contributed by atoms with Crippen LogP contribution >= 0.6 is 24.0 Å². The quantitative estimate of drug-likeness (QED) is 0.814. The minimum absolute atomic E-state index is 0.475. The molecule has 24 heavy (non-hydrogen) atoms. The second kappa shape index (κ2) is 7.13. The van der Waals surface area contributed by atoms with Crippen molar-refractivity contribution in [2.45, 2.75) is 19.0 Å². The number of para-hydroxylation sites is 1. The fraction of sp³-hybridized carbons (Fsp3) is 0.412. The number of carbonyl (C=O) groups is 1. The fourth-order valence-corrected chi connectivity index (χ4v) is 4.45. The molecule has 5 nitrogen and oxygen atoms in total. The van der Waals surface area contributed by atoms with E-state index in [0.717, 1.165) is 34.5 Å². The third-order valence-electron chi connectivity index (χ3n) is 4.29. The average Bonchev–Trinajstić information content (AvgIpc) is 2.90. The molecule has 0 fully saturated rings. The van der Waals surface area contributed by atoms with E-state index < -0.39 is 12.0 Å². The standard InChI is InChI=1S/C17H21N3O2S2/c1-19(2)7-8-24-17(23)20-10-14-12(9-15(20)16(21)22)11-5-3-4-6-13(11)18-14/h3-6,15,18H,7-10H2,1-2H3,(H,21,22). The van der Waals surface area contributed by atoms with Gasteiger partial charge in [-0.2, -0.15) is 0 Å². The summed E-state index contributed by atoms with van der Waals surface area (Å²) in [5.74, 6) is 0.0373. The van der Waals surface area contributed by atoms with Crippen LogP contribution in [0.15, 0.2) is 24.3 Å². The molecule has 0 bridgehead atoms. The van der Waals surface area contributed by atoms with Crippen molar-refractivity contribution in [3.8, 4) is 0 Å². The molecule has 0 saturated heterocycles. The Kier molecular flexibility index (Phi) is 5.12. The Morgan fingerprint density at radius 3 is 2.92 bits per heavy atom. The lowest BCUT2D eigenvalue weighted by atomic mass is 9.97. The Morgan fingerprint density at radius 1 is 1.46 bits per heavy atom. The lowest BCUT2D eigenvalue weighted by Gasteiger charge is -2.34. The lowest BCUT2D eigenvalue weighted by Crippen LogP contribution is -2.47. The van der Waals surface area contributed by atoms with Crippen molar-refractivity contribution in [1.82, 2.24) is 14.8 Å². The van der Waals surface area contributed by atoms with E-state index in [1.54, 1.807) is 11.8 Å². The van der Waals surface area contributed by atoms with Crippen molar-refractivity contribution in [3.63, 3.8) is 0 Å². The molecule has 0 amide bonds. The first-order chi connectivity index (χ1) is 11.5. The predicted octanol–water partition coefficient (Wildman–Crippen LogP) is 2.56. The maximum Gasteiger partial charge on any atom is 0.326 e. The highest BCUT2D eigenvalue weighted by Gasteiger charge is 2.34. The van der Waals surface area contributed by atoms with Crippen molar-refractivity contribution in [1.29, 1.82) is 0 Å². The molecular weight excluding hydrogens is 342 g/mol. The Morgan fingerprint density at radius 2 is 2.21 bits per heavy atom. The van der Waals surface area contributed by atoms with Crippen LogP contribution in [0.2, 0.25) is 0 Å². The molecule has 0 aliphatic carbocycles. The Labute approximate surface area is 151 Å². The highest BCUT2D eigenvalue weighted by Crippen LogP contribution is 2.31. The van der Waals surface area contributed by atoms with Gasteiger partial charge in [0, 0.05) is 35.3 Å². The van der Waals surface area contributed by atoms with E-state index >= 15 is 0 Å². The third kappa shape index (κ3) is 3.43. The fourth-order valence-electron chi connectivity index (χ4n) is 3.02. The summed E-state index contributed by atoms with van der Waals surface area (Å²) >= 11 is 7.08. The molecule has 2 heterocycles. The Balaban J connectivity index is 1.84. The molecule has 1 unspecified atom stereocenters. The molecule has 1 aromatic carbocycles. The molecule has 3 rings (SSSR count). The molecule has 0 spiro atoms. The third-order valence-corrected chi connectivity index (χ3v) is 5.74. The number of carboxylic acid groups (broad SMARTS) is 1. The number of H-pyrrole nitrogens is 1. The van der Waals surface area contributed by atoms with E-state index in [1.807, 2.05) is 43.3 Å². The number of fused-ring (bicyclic) bond motifs is 3. The van der Waals surface area contributed by atoms with Gasteiger partial charge in [-0.1, -0.05) is 42.2 Å². The van der Waals surface area contributed by atoms with E-state index in [4.69, 9.17) is 12.2 Å². The summed E-state index contributed by atoms with van der Waals surface area (Å²) in [5.41, 5.74) is 3.24. The molecule has 1 aromatic heterocycles. The molecule has 0 saturated carbocycles. The van der Waals surface area contributed by atoms with Crippen LogP contribution in [-0.2, 0) is 17.8 Å². The number of aromatic amines is 1. The van der Waals surface area contributed by atoms with Crippen molar-refractivity contribution in [3.05, 3.63) is 35.5 Å². The molecule has 2 N–H and O–H groups in total. The van der Waals surface area contributed by atoms with Gasteiger partial charge in [-0.05, 0) is 25.7 Å². The Hall–Kier alpha value is -1.57. The highest BCUT2D eigenvalue weighted by atomic mass is 32.2. The van der Waals surface area contributed by atoms with Gasteiger partial charge < -0.3 is 19.9 Å². The summed E-state index contributed by atoms with van der Waals surface area (Å²) in [4.78, 5) is 19.1. The number of benzene rings is 1. The number of carboxylic acids is 1. The van der Waals surface area contributed by atoms with Gasteiger partial charge in [-0.3, -0.25) is 0 Å². The average molecular weight is 364 g/mol. The number of hydrogen-bond acceptors (Lipinski definition) is 4. The summed E-state index contributed by atoms with van der Waals surface area (Å²) < 4.78 is 0.661. The molecule has 7 heteroatoms. The predicted molar refractivity (Wildman–Crippen MR) is 103 cm³/mol. The number of nitrogens with one attached hydrogen (secondary N) is 1. The zero-order valence-corrected chi connectivity index (χ0v) is 15.4. The number of aliphatic carboxylic acids is 1. The van der Waals surface area contributed by atoms with Crippen LogP contribution < -0.4 is 0 Å². The first kappa shape index (κ1) is 17.3. The van der Waals surface area contributed by atoms with Crippen LogP contribution in [0.4, 0.5) is 0 Å². The summed E-state index contributed by atoms with van der Waals surface area (Å²) in [6, 6.07) is 7.44. The second-order valence-corrected chi connectivity index (χ2v) is 7.96. The second-order valence-electron chi connectivity index (χ2n) is 6.23. The van der Waals surface area contributed by atoms with Crippen LogP contribution in [0.5, 0.6) is 0 Å². The zero-order chi connectivity index (χ0) is 17.3. The molecule has 0 radical (unpaired) electrons. The number of aromatic nitrogens is 1. The van der Waals surface area contributed by atoms with Crippen LogP contribution in [0.25, 0.3) is 10.9 Å². The van der Waals surface area contributed by atoms with Gasteiger partial charge in [0.05, 0.1) is 6.54 Å². The van der Waals surface area contributed by atoms with E-state index in [0.29, 0.717) is 17.3 Å². The molecule has 1 aliphatic heterocycles. The van der Waals surface area contributed by atoms with Crippen LogP contribution in [-0.4, -0.2) is 62.6 Å². The summed E-state index contributed by atoms with van der Waals surface area (Å²) in [6.07, 6.45) is 0.475. The number of hydrogen-bond donors (Lipinski definition) is 2. The lowest BCUT2D eigenvalue weighted by molar-refractivity contribution is -0.142. The van der Waals surface area contributed by atoms with Gasteiger partial charge in [-0.25, -0.2) is 4.79 Å². The first-order valence-corrected chi connectivity index (χ1v) is 9.26. The SMILES string of the molecule is CN(C)CCSC(=S)N1Cc2[nH]c3ccccc3c2CC1C(=O)O. The minimum atomic E-state index is -0.818. The van der Waals surface area contributed by atoms with Gasteiger partial charge in [0.25, 0.3) is 0 Å². The number of nitrogens with zero attached hydrogens (tertiary/aromatic N) is 2.